The lowest BCUT2D eigenvalue weighted by Gasteiger charge is -2.08. The topological polar surface area (TPSA) is 81.5 Å². The summed E-state index contributed by atoms with van der Waals surface area (Å²) >= 11 is 11.9. The molecular formula is C13H9Cl2N3O2. The Kier molecular flexibility index (Phi) is 4.22. The Morgan fingerprint density at radius 1 is 1.15 bits per heavy atom. The number of rotatable bonds is 3. The summed E-state index contributed by atoms with van der Waals surface area (Å²) in [5.41, 5.74) is 1.66. The first kappa shape index (κ1) is 14.3. The normalized spacial score (nSPS) is 11.4. The van der Waals surface area contributed by atoms with E-state index in [-0.39, 0.29) is 5.69 Å². The van der Waals surface area contributed by atoms with E-state index in [0.29, 0.717) is 26.9 Å². The Bertz CT molecular complexity index is 685. The van der Waals surface area contributed by atoms with E-state index in [1.165, 1.54) is 12.1 Å². The molecule has 2 N–H and O–H groups in total. The number of nitrogens with zero attached hydrogens (tertiary/aromatic N) is 2. The number of non-ortho nitro benzene ring substituents is 1. The van der Waals surface area contributed by atoms with E-state index in [2.05, 4.69) is 5.10 Å². The van der Waals surface area contributed by atoms with Crippen LogP contribution in [0.2, 0.25) is 10.0 Å². The molecule has 20 heavy (non-hydrogen) atoms. The van der Waals surface area contributed by atoms with Crippen molar-refractivity contribution in [3.8, 4) is 0 Å². The second-order valence-electron chi connectivity index (χ2n) is 3.91. The number of nitrogens with two attached hydrogens (primary N) is 1. The molecular weight excluding hydrogens is 301 g/mol. The van der Waals surface area contributed by atoms with E-state index in [1.54, 1.807) is 30.3 Å². The first-order valence-corrected chi connectivity index (χ1v) is 6.26. The number of hydrogen-bond acceptors (Lipinski definition) is 4. The van der Waals surface area contributed by atoms with Crippen molar-refractivity contribution in [2.45, 2.75) is 0 Å². The van der Waals surface area contributed by atoms with Crippen LogP contribution in [-0.4, -0.2) is 10.6 Å². The van der Waals surface area contributed by atoms with Gasteiger partial charge in [-0.15, -0.1) is 0 Å². The molecule has 0 atom stereocenters. The maximum absolute atomic E-state index is 10.6. The van der Waals surface area contributed by atoms with Gasteiger partial charge in [0.2, 0.25) is 0 Å². The van der Waals surface area contributed by atoms with Crippen molar-refractivity contribution in [2.24, 2.45) is 10.9 Å². The average molecular weight is 310 g/mol. The average Bonchev–Trinajstić information content (AvgIpc) is 2.42. The van der Waals surface area contributed by atoms with Gasteiger partial charge >= 0.3 is 0 Å². The van der Waals surface area contributed by atoms with Gasteiger partial charge in [-0.05, 0) is 30.3 Å². The van der Waals surface area contributed by atoms with Gasteiger partial charge < -0.3 is 5.84 Å². The molecule has 102 valence electrons. The lowest BCUT2D eigenvalue weighted by Crippen LogP contribution is -2.07. The maximum atomic E-state index is 10.6. The Morgan fingerprint density at radius 3 is 2.30 bits per heavy atom. The molecule has 0 fully saturated rings. The van der Waals surface area contributed by atoms with E-state index in [0.717, 1.165) is 0 Å². The minimum Gasteiger partial charge on any atom is -0.323 e. The number of nitro benzene ring substituents is 1. The Morgan fingerprint density at radius 2 is 1.80 bits per heavy atom. The molecule has 2 rings (SSSR count). The summed E-state index contributed by atoms with van der Waals surface area (Å²) < 4.78 is 0. The third-order valence-corrected chi connectivity index (χ3v) is 3.21. The maximum Gasteiger partial charge on any atom is 0.269 e. The van der Waals surface area contributed by atoms with E-state index in [1.807, 2.05) is 0 Å². The molecule has 0 aliphatic heterocycles. The van der Waals surface area contributed by atoms with Crippen molar-refractivity contribution in [1.82, 2.24) is 0 Å². The molecule has 7 heteroatoms. The van der Waals surface area contributed by atoms with Crippen LogP contribution in [0.4, 0.5) is 5.69 Å². The summed E-state index contributed by atoms with van der Waals surface area (Å²) in [6, 6.07) is 10.8. The smallest absolute Gasteiger partial charge is 0.269 e. The number of nitro groups is 1. The van der Waals surface area contributed by atoms with Crippen molar-refractivity contribution in [3.63, 3.8) is 0 Å². The first-order valence-electron chi connectivity index (χ1n) is 5.51. The molecule has 0 heterocycles. The van der Waals surface area contributed by atoms with Crippen LogP contribution in [0.25, 0.3) is 0 Å². The highest BCUT2D eigenvalue weighted by Gasteiger charge is 2.13. The predicted octanol–water partition coefficient (Wildman–Crippen LogP) is 3.61. The molecule has 2 aromatic rings. The Balaban J connectivity index is 2.45. The second kappa shape index (κ2) is 5.90. The highest BCUT2D eigenvalue weighted by atomic mass is 35.5. The minimum absolute atomic E-state index is 0.00711. The first-order chi connectivity index (χ1) is 9.52. The SMILES string of the molecule is N/N=C(\c1ccc([N+](=O)[O-])cc1)c1ccc(Cl)cc1Cl. The molecule has 0 saturated carbocycles. The number of hydrazone groups is 1. The third-order valence-electron chi connectivity index (χ3n) is 2.67. The molecule has 0 unspecified atom stereocenters. The summed E-state index contributed by atoms with van der Waals surface area (Å²) in [6.07, 6.45) is 0. The van der Waals surface area contributed by atoms with Crippen molar-refractivity contribution in [1.29, 1.82) is 0 Å². The summed E-state index contributed by atoms with van der Waals surface area (Å²) in [4.78, 5) is 10.2. The highest BCUT2D eigenvalue weighted by molar-refractivity contribution is 6.37. The standard InChI is InChI=1S/C13H9Cl2N3O2/c14-9-3-6-11(12(15)7-9)13(17-16)8-1-4-10(5-2-8)18(19)20/h1-7H,16H2/b17-13+. The molecule has 0 aromatic heterocycles. The van der Waals surface area contributed by atoms with E-state index in [4.69, 9.17) is 29.0 Å². The molecule has 0 radical (unpaired) electrons. The van der Waals surface area contributed by atoms with Crippen LogP contribution in [0.5, 0.6) is 0 Å². The van der Waals surface area contributed by atoms with Gasteiger partial charge in [-0.25, -0.2) is 0 Å². The molecule has 0 aliphatic rings. The van der Waals surface area contributed by atoms with Gasteiger partial charge in [-0.1, -0.05) is 23.2 Å². The summed E-state index contributed by atoms with van der Waals surface area (Å²) in [5, 5.41) is 15.2. The monoisotopic (exact) mass is 309 g/mol. The largest absolute Gasteiger partial charge is 0.323 e. The van der Waals surface area contributed by atoms with Crippen molar-refractivity contribution < 1.29 is 4.92 Å². The fourth-order valence-electron chi connectivity index (χ4n) is 1.72. The summed E-state index contributed by atoms with van der Waals surface area (Å²) in [5.74, 6) is 5.40. The molecule has 0 saturated heterocycles. The molecule has 5 nitrogen and oxygen atoms in total. The Hall–Kier alpha value is -2.11. The number of benzene rings is 2. The highest BCUT2D eigenvalue weighted by Crippen LogP contribution is 2.24. The van der Waals surface area contributed by atoms with Crippen molar-refractivity contribution in [3.05, 3.63) is 73.8 Å². The van der Waals surface area contributed by atoms with Gasteiger partial charge in [0, 0.05) is 28.3 Å². The van der Waals surface area contributed by atoms with Crippen LogP contribution < -0.4 is 5.84 Å². The fourth-order valence-corrected chi connectivity index (χ4v) is 2.22. The van der Waals surface area contributed by atoms with Crippen LogP contribution in [-0.2, 0) is 0 Å². The van der Waals surface area contributed by atoms with Gasteiger partial charge in [-0.2, -0.15) is 5.10 Å². The van der Waals surface area contributed by atoms with Gasteiger partial charge in [-0.3, -0.25) is 10.1 Å². The quantitative estimate of drug-likeness (QED) is 0.407. The lowest BCUT2D eigenvalue weighted by molar-refractivity contribution is -0.384. The summed E-state index contributed by atoms with van der Waals surface area (Å²) in [6.45, 7) is 0. The molecule has 0 amide bonds. The molecule has 0 aliphatic carbocycles. The number of hydrogen-bond donors (Lipinski definition) is 1. The zero-order chi connectivity index (χ0) is 14.7. The zero-order valence-electron chi connectivity index (χ0n) is 10.1. The summed E-state index contributed by atoms with van der Waals surface area (Å²) in [7, 11) is 0. The Labute approximate surface area is 124 Å². The lowest BCUT2D eigenvalue weighted by atomic mass is 10.0. The van der Waals surface area contributed by atoms with Crippen LogP contribution in [0.15, 0.2) is 47.6 Å². The molecule has 0 spiro atoms. The van der Waals surface area contributed by atoms with Crippen molar-refractivity contribution in [2.75, 3.05) is 0 Å². The number of halogens is 2. The molecule has 2 aromatic carbocycles. The van der Waals surface area contributed by atoms with E-state index >= 15 is 0 Å². The third kappa shape index (κ3) is 2.89. The predicted molar refractivity (Wildman–Crippen MR) is 79.4 cm³/mol. The van der Waals surface area contributed by atoms with Crippen molar-refractivity contribution >= 4 is 34.6 Å². The van der Waals surface area contributed by atoms with E-state index in [9.17, 15) is 10.1 Å². The van der Waals surface area contributed by atoms with Gasteiger partial charge in [0.05, 0.1) is 15.7 Å². The van der Waals surface area contributed by atoms with Crippen LogP contribution >= 0.6 is 23.2 Å². The second-order valence-corrected chi connectivity index (χ2v) is 4.75. The minimum atomic E-state index is -0.474. The van der Waals surface area contributed by atoms with Crippen LogP contribution in [0, 0.1) is 10.1 Å². The van der Waals surface area contributed by atoms with E-state index < -0.39 is 4.92 Å². The van der Waals surface area contributed by atoms with Gasteiger partial charge in [0.1, 0.15) is 0 Å². The van der Waals surface area contributed by atoms with Crippen LogP contribution in [0.3, 0.4) is 0 Å². The zero-order valence-corrected chi connectivity index (χ0v) is 11.6. The van der Waals surface area contributed by atoms with Gasteiger partial charge in [0.15, 0.2) is 0 Å². The fraction of sp³-hybridized carbons (Fsp3) is 0. The van der Waals surface area contributed by atoms with Crippen LogP contribution in [0.1, 0.15) is 11.1 Å². The van der Waals surface area contributed by atoms with Gasteiger partial charge in [0.25, 0.3) is 5.69 Å². The molecule has 0 bridgehead atoms.